The Labute approximate surface area is 118 Å². The van der Waals surface area contributed by atoms with Crippen molar-refractivity contribution < 1.29 is 0 Å². The van der Waals surface area contributed by atoms with Crippen molar-refractivity contribution in [3.63, 3.8) is 0 Å². The third-order valence-electron chi connectivity index (χ3n) is 2.94. The van der Waals surface area contributed by atoms with Gasteiger partial charge in [0.25, 0.3) is 0 Å². The van der Waals surface area contributed by atoms with Crippen molar-refractivity contribution in [3.05, 3.63) is 35.6 Å². The summed E-state index contributed by atoms with van der Waals surface area (Å²) in [5.41, 5.74) is 2.81. The summed E-state index contributed by atoms with van der Waals surface area (Å²) in [6.45, 7) is 9.90. The summed E-state index contributed by atoms with van der Waals surface area (Å²) >= 11 is 2.51. The molecule has 1 rings (SSSR count). The molecule has 92 valence electrons. The van der Waals surface area contributed by atoms with Gasteiger partial charge in [-0.15, -0.1) is 0 Å². The number of nitriles is 1. The van der Waals surface area contributed by atoms with Crippen LogP contribution < -0.4 is 0 Å². The Morgan fingerprint density at radius 1 is 1.35 bits per heavy atom. The van der Waals surface area contributed by atoms with Crippen LogP contribution in [0.15, 0.2) is 35.6 Å². The average molecular weight is 342 g/mol. The van der Waals surface area contributed by atoms with Crippen LogP contribution in [0.5, 0.6) is 0 Å². The first-order valence-corrected chi connectivity index (χ1v) is 7.12. The van der Waals surface area contributed by atoms with Gasteiger partial charge in [0, 0.05) is 22.7 Å². The Hall–Kier alpha value is -0.760. The van der Waals surface area contributed by atoms with E-state index in [-0.39, 0.29) is 0 Å². The number of alkyl halides is 1. The molecule has 1 heterocycles. The fourth-order valence-electron chi connectivity index (χ4n) is 1.82. The molecular formula is C14H19IN2. The Bertz CT molecular complexity index is 380. The minimum Gasteiger partial charge on any atom is -0.374 e. The second kappa shape index (κ2) is 6.85. The SMILES string of the molecule is C=C(C)/C=C\C(C#N)=C(/C)N1CCC(I)CC1. The molecule has 0 atom stereocenters. The molecule has 1 aliphatic rings. The largest absolute Gasteiger partial charge is 0.374 e. The summed E-state index contributed by atoms with van der Waals surface area (Å²) in [5, 5.41) is 9.18. The topological polar surface area (TPSA) is 27.0 Å². The van der Waals surface area contributed by atoms with Crippen molar-refractivity contribution in [2.45, 2.75) is 30.6 Å². The standard InChI is InChI=1S/C14H19IN2/c1-11(2)4-5-13(10-16)12(3)17-8-6-14(15)7-9-17/h4-5,14H,1,6-9H2,2-3H3/b5-4-,13-12-. The van der Waals surface area contributed by atoms with E-state index in [0.29, 0.717) is 0 Å². The van der Waals surface area contributed by atoms with Crippen LogP contribution in [-0.4, -0.2) is 21.9 Å². The number of hydrogen-bond donors (Lipinski definition) is 0. The first kappa shape index (κ1) is 14.3. The van der Waals surface area contributed by atoms with Gasteiger partial charge in [0.15, 0.2) is 0 Å². The third-order valence-corrected chi connectivity index (χ3v) is 4.19. The Kier molecular flexibility index (Phi) is 5.76. The molecular weight excluding hydrogens is 323 g/mol. The maximum absolute atomic E-state index is 9.18. The van der Waals surface area contributed by atoms with Crippen LogP contribution >= 0.6 is 22.6 Å². The summed E-state index contributed by atoms with van der Waals surface area (Å²) in [5.74, 6) is 0. The van der Waals surface area contributed by atoms with Gasteiger partial charge in [-0.2, -0.15) is 5.26 Å². The van der Waals surface area contributed by atoms with Crippen LogP contribution in [-0.2, 0) is 0 Å². The number of rotatable bonds is 3. The first-order chi connectivity index (χ1) is 8.04. The van der Waals surface area contributed by atoms with Crippen LogP contribution in [0.2, 0.25) is 0 Å². The van der Waals surface area contributed by atoms with Gasteiger partial charge in [-0.05, 0) is 32.8 Å². The second-order valence-electron chi connectivity index (χ2n) is 4.45. The maximum atomic E-state index is 9.18. The van der Waals surface area contributed by atoms with Crippen LogP contribution in [0.1, 0.15) is 26.7 Å². The Morgan fingerprint density at radius 2 is 1.94 bits per heavy atom. The average Bonchev–Trinajstić information content (AvgIpc) is 2.30. The molecule has 1 fully saturated rings. The van der Waals surface area contributed by atoms with E-state index < -0.39 is 0 Å². The molecule has 0 spiro atoms. The van der Waals surface area contributed by atoms with Crippen molar-refractivity contribution in [3.8, 4) is 6.07 Å². The van der Waals surface area contributed by atoms with E-state index in [1.807, 2.05) is 26.0 Å². The molecule has 0 aromatic rings. The summed E-state index contributed by atoms with van der Waals surface area (Å²) in [6.07, 6.45) is 6.18. The number of halogens is 1. The van der Waals surface area contributed by atoms with E-state index in [9.17, 15) is 5.26 Å². The zero-order chi connectivity index (χ0) is 12.8. The molecule has 0 aliphatic carbocycles. The van der Waals surface area contributed by atoms with Gasteiger partial charge < -0.3 is 4.90 Å². The van der Waals surface area contributed by atoms with E-state index in [0.717, 1.165) is 33.9 Å². The second-order valence-corrected chi connectivity index (χ2v) is 6.21. The van der Waals surface area contributed by atoms with Gasteiger partial charge in [0.2, 0.25) is 0 Å². The summed E-state index contributed by atoms with van der Waals surface area (Å²) < 4.78 is 0.785. The minimum atomic E-state index is 0.750. The van der Waals surface area contributed by atoms with Gasteiger partial charge in [0.1, 0.15) is 6.07 Å². The summed E-state index contributed by atoms with van der Waals surface area (Å²) in [7, 11) is 0. The number of piperidine rings is 1. The van der Waals surface area contributed by atoms with Crippen LogP contribution in [0, 0.1) is 11.3 Å². The quantitative estimate of drug-likeness (QED) is 0.337. The number of allylic oxidation sites excluding steroid dienone is 5. The van der Waals surface area contributed by atoms with Crippen molar-refractivity contribution in [1.82, 2.24) is 4.90 Å². The lowest BCUT2D eigenvalue weighted by Crippen LogP contribution is -2.32. The summed E-state index contributed by atoms with van der Waals surface area (Å²) in [4.78, 5) is 2.32. The third kappa shape index (κ3) is 4.55. The predicted octanol–water partition coefficient (Wildman–Crippen LogP) is 3.82. The molecule has 0 unspecified atom stereocenters. The molecule has 1 saturated heterocycles. The van der Waals surface area contributed by atoms with E-state index in [2.05, 4.69) is 40.1 Å². The first-order valence-electron chi connectivity index (χ1n) is 5.88. The Morgan fingerprint density at radius 3 is 2.41 bits per heavy atom. The minimum absolute atomic E-state index is 0.750. The highest BCUT2D eigenvalue weighted by Gasteiger charge is 2.18. The maximum Gasteiger partial charge on any atom is 0.101 e. The highest BCUT2D eigenvalue weighted by Crippen LogP contribution is 2.22. The summed E-state index contributed by atoms with van der Waals surface area (Å²) in [6, 6.07) is 2.27. The highest BCUT2D eigenvalue weighted by atomic mass is 127. The van der Waals surface area contributed by atoms with E-state index in [4.69, 9.17) is 0 Å². The molecule has 3 heteroatoms. The molecule has 0 saturated carbocycles. The molecule has 0 aromatic carbocycles. The number of likely N-dealkylation sites (tertiary alicyclic amines) is 1. The molecule has 0 N–H and O–H groups in total. The van der Waals surface area contributed by atoms with E-state index >= 15 is 0 Å². The zero-order valence-electron chi connectivity index (χ0n) is 10.5. The predicted molar refractivity (Wildman–Crippen MR) is 80.9 cm³/mol. The monoisotopic (exact) mass is 342 g/mol. The lowest BCUT2D eigenvalue weighted by Gasteiger charge is -2.32. The van der Waals surface area contributed by atoms with Gasteiger partial charge in [-0.1, -0.05) is 40.8 Å². The van der Waals surface area contributed by atoms with Gasteiger partial charge in [-0.25, -0.2) is 0 Å². The number of nitrogens with zero attached hydrogens (tertiary/aromatic N) is 2. The fraction of sp³-hybridized carbons (Fsp3) is 0.500. The van der Waals surface area contributed by atoms with Gasteiger partial charge >= 0.3 is 0 Å². The van der Waals surface area contributed by atoms with Crippen molar-refractivity contribution >= 4 is 22.6 Å². The zero-order valence-corrected chi connectivity index (χ0v) is 12.7. The highest BCUT2D eigenvalue weighted by molar-refractivity contribution is 14.1. The van der Waals surface area contributed by atoms with Crippen molar-refractivity contribution in [2.75, 3.05) is 13.1 Å². The molecule has 0 bridgehead atoms. The smallest absolute Gasteiger partial charge is 0.101 e. The lowest BCUT2D eigenvalue weighted by molar-refractivity contribution is 0.294. The van der Waals surface area contributed by atoms with Crippen molar-refractivity contribution in [1.29, 1.82) is 5.26 Å². The van der Waals surface area contributed by atoms with E-state index in [1.165, 1.54) is 12.8 Å². The van der Waals surface area contributed by atoms with Gasteiger partial charge in [-0.3, -0.25) is 0 Å². The van der Waals surface area contributed by atoms with Crippen molar-refractivity contribution in [2.24, 2.45) is 0 Å². The van der Waals surface area contributed by atoms with Crippen LogP contribution in [0.25, 0.3) is 0 Å². The van der Waals surface area contributed by atoms with Gasteiger partial charge in [0.05, 0.1) is 5.57 Å². The fourth-order valence-corrected chi connectivity index (χ4v) is 2.38. The Balaban J connectivity index is 2.79. The molecule has 1 aliphatic heterocycles. The van der Waals surface area contributed by atoms with Crippen LogP contribution in [0.3, 0.4) is 0 Å². The molecule has 0 amide bonds. The van der Waals surface area contributed by atoms with E-state index in [1.54, 1.807) is 0 Å². The van der Waals surface area contributed by atoms with Crippen LogP contribution in [0.4, 0.5) is 0 Å². The molecule has 17 heavy (non-hydrogen) atoms. The number of hydrogen-bond acceptors (Lipinski definition) is 2. The molecule has 0 radical (unpaired) electrons. The lowest BCUT2D eigenvalue weighted by atomic mass is 10.1. The molecule has 0 aromatic heterocycles. The normalized spacial score (nSPS) is 19.1. The molecule has 2 nitrogen and oxygen atoms in total.